The number of nitrogens with one attached hydrogen (secondary N) is 1. The smallest absolute Gasteiger partial charge is 0.241 e. The highest BCUT2D eigenvalue weighted by Crippen LogP contribution is 2.08. The zero-order valence-electron chi connectivity index (χ0n) is 10.1. The Kier molecular flexibility index (Phi) is 9.02. The molecule has 6 heteroatoms. The molecule has 17 heavy (non-hydrogen) atoms. The number of pyridine rings is 1. The lowest BCUT2D eigenvalue weighted by Gasteiger charge is -2.15. The second-order valence-electron chi connectivity index (χ2n) is 3.94. The van der Waals surface area contributed by atoms with Crippen LogP contribution in [-0.4, -0.2) is 16.9 Å². The van der Waals surface area contributed by atoms with Gasteiger partial charge in [0.15, 0.2) is 0 Å². The molecule has 1 amide bonds. The molecule has 0 aliphatic heterocycles. The van der Waals surface area contributed by atoms with Crippen molar-refractivity contribution >= 4 is 36.4 Å². The van der Waals surface area contributed by atoms with Gasteiger partial charge in [-0.1, -0.05) is 13.8 Å². The molecule has 98 valence electrons. The van der Waals surface area contributed by atoms with E-state index in [2.05, 4.69) is 10.3 Å². The maximum atomic E-state index is 11.6. The lowest BCUT2D eigenvalue weighted by Crippen LogP contribution is -2.39. The van der Waals surface area contributed by atoms with Crippen LogP contribution in [0.5, 0.6) is 0 Å². The standard InChI is InChI=1S/C11H17N3O.2ClH/c1-7(2)10(12)11(15)14-9-4-5-13-8(3)6-9;;/h4-7,10H,12H2,1-3H3,(H,13,14,15);2*1H/t10-;;/m0../s1. The Morgan fingerprint density at radius 1 is 1.41 bits per heavy atom. The molecule has 1 heterocycles. The molecule has 0 aliphatic carbocycles. The van der Waals surface area contributed by atoms with Gasteiger partial charge in [0.05, 0.1) is 6.04 Å². The molecule has 0 saturated carbocycles. The van der Waals surface area contributed by atoms with Gasteiger partial charge in [-0.3, -0.25) is 9.78 Å². The Morgan fingerprint density at radius 2 is 2.00 bits per heavy atom. The predicted molar refractivity (Wildman–Crippen MR) is 74.9 cm³/mol. The second-order valence-corrected chi connectivity index (χ2v) is 3.94. The van der Waals surface area contributed by atoms with E-state index in [-0.39, 0.29) is 36.6 Å². The quantitative estimate of drug-likeness (QED) is 0.891. The van der Waals surface area contributed by atoms with E-state index in [4.69, 9.17) is 5.73 Å². The van der Waals surface area contributed by atoms with E-state index in [0.29, 0.717) is 0 Å². The number of rotatable bonds is 3. The minimum absolute atomic E-state index is 0. The molecule has 0 aromatic carbocycles. The van der Waals surface area contributed by atoms with Gasteiger partial charge in [-0.2, -0.15) is 0 Å². The summed E-state index contributed by atoms with van der Waals surface area (Å²) < 4.78 is 0. The summed E-state index contributed by atoms with van der Waals surface area (Å²) in [5, 5.41) is 2.76. The number of nitrogens with zero attached hydrogens (tertiary/aromatic N) is 1. The lowest BCUT2D eigenvalue weighted by molar-refractivity contribution is -0.118. The normalized spacial score (nSPS) is 11.1. The van der Waals surface area contributed by atoms with Crippen LogP contribution in [0.4, 0.5) is 5.69 Å². The minimum Gasteiger partial charge on any atom is -0.325 e. The van der Waals surface area contributed by atoms with Crippen LogP contribution < -0.4 is 11.1 Å². The number of aryl methyl sites for hydroxylation is 1. The molecule has 0 aliphatic rings. The van der Waals surface area contributed by atoms with Crippen molar-refractivity contribution in [3.63, 3.8) is 0 Å². The summed E-state index contributed by atoms with van der Waals surface area (Å²) in [5.41, 5.74) is 7.32. The molecule has 1 aromatic rings. The number of carbonyl (C=O) groups is 1. The molecule has 0 saturated heterocycles. The van der Waals surface area contributed by atoms with E-state index in [1.54, 1.807) is 12.3 Å². The predicted octanol–water partition coefficient (Wildman–Crippen LogP) is 2.16. The maximum Gasteiger partial charge on any atom is 0.241 e. The zero-order valence-corrected chi connectivity index (χ0v) is 11.8. The summed E-state index contributed by atoms with van der Waals surface area (Å²) in [4.78, 5) is 15.7. The highest BCUT2D eigenvalue weighted by atomic mass is 35.5. The van der Waals surface area contributed by atoms with Crippen LogP contribution in [-0.2, 0) is 4.79 Å². The number of anilines is 1. The van der Waals surface area contributed by atoms with Crippen molar-refractivity contribution in [3.8, 4) is 0 Å². The van der Waals surface area contributed by atoms with E-state index < -0.39 is 6.04 Å². The molecule has 0 spiro atoms. The fourth-order valence-corrected chi connectivity index (χ4v) is 1.15. The van der Waals surface area contributed by atoms with Crippen molar-refractivity contribution in [3.05, 3.63) is 24.0 Å². The monoisotopic (exact) mass is 279 g/mol. The number of hydrogen-bond acceptors (Lipinski definition) is 3. The van der Waals surface area contributed by atoms with E-state index in [0.717, 1.165) is 11.4 Å². The van der Waals surface area contributed by atoms with Gasteiger partial charge < -0.3 is 11.1 Å². The second kappa shape index (κ2) is 8.28. The minimum atomic E-state index is -0.474. The van der Waals surface area contributed by atoms with Gasteiger partial charge in [0.25, 0.3) is 0 Å². The first-order chi connectivity index (χ1) is 7.00. The van der Waals surface area contributed by atoms with Gasteiger partial charge in [-0.05, 0) is 25.0 Å². The van der Waals surface area contributed by atoms with Crippen LogP contribution in [0.25, 0.3) is 0 Å². The number of amides is 1. The van der Waals surface area contributed by atoms with Crippen molar-refractivity contribution in [2.45, 2.75) is 26.8 Å². The highest BCUT2D eigenvalue weighted by molar-refractivity contribution is 5.94. The molecule has 1 rings (SSSR count). The Hall–Kier alpha value is -0.840. The van der Waals surface area contributed by atoms with Crippen LogP contribution in [0.1, 0.15) is 19.5 Å². The Morgan fingerprint density at radius 3 is 2.47 bits per heavy atom. The van der Waals surface area contributed by atoms with Gasteiger partial charge in [0.1, 0.15) is 0 Å². The first kappa shape index (κ1) is 18.5. The average Bonchev–Trinajstić information content (AvgIpc) is 2.16. The third kappa shape index (κ3) is 5.86. The summed E-state index contributed by atoms with van der Waals surface area (Å²) >= 11 is 0. The molecule has 0 radical (unpaired) electrons. The summed E-state index contributed by atoms with van der Waals surface area (Å²) in [6, 6.07) is 3.08. The van der Waals surface area contributed by atoms with E-state index >= 15 is 0 Å². The van der Waals surface area contributed by atoms with Gasteiger partial charge >= 0.3 is 0 Å². The average molecular weight is 280 g/mol. The molecule has 0 fully saturated rings. The van der Waals surface area contributed by atoms with E-state index in [1.165, 1.54) is 0 Å². The topological polar surface area (TPSA) is 68.0 Å². The lowest BCUT2D eigenvalue weighted by atomic mass is 10.1. The molecule has 4 nitrogen and oxygen atoms in total. The Bertz CT molecular complexity index is 358. The first-order valence-corrected chi connectivity index (χ1v) is 5.00. The molecular formula is C11H19Cl2N3O. The van der Waals surface area contributed by atoms with Crippen molar-refractivity contribution in [2.24, 2.45) is 11.7 Å². The van der Waals surface area contributed by atoms with E-state index in [1.807, 2.05) is 26.8 Å². The summed E-state index contributed by atoms with van der Waals surface area (Å²) in [6.45, 7) is 5.71. The first-order valence-electron chi connectivity index (χ1n) is 5.00. The van der Waals surface area contributed by atoms with Gasteiger partial charge in [-0.15, -0.1) is 24.8 Å². The molecule has 1 atom stereocenters. The van der Waals surface area contributed by atoms with Crippen LogP contribution in [0.3, 0.4) is 0 Å². The third-order valence-corrected chi connectivity index (χ3v) is 2.19. The number of halogens is 2. The van der Waals surface area contributed by atoms with Crippen LogP contribution in [0.2, 0.25) is 0 Å². The van der Waals surface area contributed by atoms with Crippen molar-refractivity contribution in [1.82, 2.24) is 4.98 Å². The molecule has 3 N–H and O–H groups in total. The fourth-order valence-electron chi connectivity index (χ4n) is 1.15. The van der Waals surface area contributed by atoms with Gasteiger partial charge in [0, 0.05) is 17.6 Å². The Labute approximate surface area is 114 Å². The molecule has 0 bridgehead atoms. The number of nitrogens with two attached hydrogens (primary N) is 1. The maximum absolute atomic E-state index is 11.6. The summed E-state index contributed by atoms with van der Waals surface area (Å²) in [5.74, 6) is -0.0245. The molecular weight excluding hydrogens is 261 g/mol. The van der Waals surface area contributed by atoms with Crippen LogP contribution in [0, 0.1) is 12.8 Å². The summed E-state index contributed by atoms with van der Waals surface area (Å²) in [6.07, 6.45) is 1.66. The SMILES string of the molecule is Cc1cc(NC(=O)[C@@H](N)C(C)C)ccn1.Cl.Cl. The third-order valence-electron chi connectivity index (χ3n) is 2.19. The van der Waals surface area contributed by atoms with Crippen molar-refractivity contribution < 1.29 is 4.79 Å². The zero-order chi connectivity index (χ0) is 11.4. The number of hydrogen-bond donors (Lipinski definition) is 2. The largest absolute Gasteiger partial charge is 0.325 e. The highest BCUT2D eigenvalue weighted by Gasteiger charge is 2.16. The van der Waals surface area contributed by atoms with Crippen molar-refractivity contribution in [2.75, 3.05) is 5.32 Å². The van der Waals surface area contributed by atoms with Gasteiger partial charge in [0.2, 0.25) is 5.91 Å². The number of carbonyl (C=O) groups excluding carboxylic acids is 1. The fraction of sp³-hybridized carbons (Fsp3) is 0.455. The Balaban J connectivity index is 0. The molecule has 1 aromatic heterocycles. The van der Waals surface area contributed by atoms with Crippen molar-refractivity contribution in [1.29, 1.82) is 0 Å². The van der Waals surface area contributed by atoms with Crippen LogP contribution >= 0.6 is 24.8 Å². The van der Waals surface area contributed by atoms with Gasteiger partial charge in [-0.25, -0.2) is 0 Å². The molecule has 0 unspecified atom stereocenters. The summed E-state index contributed by atoms with van der Waals surface area (Å²) in [7, 11) is 0. The van der Waals surface area contributed by atoms with Crippen LogP contribution in [0.15, 0.2) is 18.3 Å². The number of aromatic nitrogens is 1. The van der Waals surface area contributed by atoms with E-state index in [9.17, 15) is 4.79 Å².